The molecule has 1 N–H and O–H groups in total. The van der Waals surface area contributed by atoms with Crippen LogP contribution in [0.2, 0.25) is 0 Å². The van der Waals surface area contributed by atoms with Crippen LogP contribution in [0.1, 0.15) is 69.2 Å². The number of fused-ring (bicyclic) bond motifs is 1. The number of unbranched alkanes of at least 4 members (excludes halogenated alkanes) is 1. The number of aromatic amines is 1. The lowest BCUT2D eigenvalue weighted by molar-refractivity contribution is 0.299. The molecular formula is C17H25N3. The van der Waals surface area contributed by atoms with E-state index in [1.54, 1.807) is 0 Å². The SMILES string of the molecule is CCCCC1CCC(c2nc3nccc(C)c3[nH]2)CC1. The molecule has 0 atom stereocenters. The van der Waals surface area contributed by atoms with Gasteiger partial charge in [0.1, 0.15) is 5.82 Å². The monoisotopic (exact) mass is 271 g/mol. The average molecular weight is 271 g/mol. The lowest BCUT2D eigenvalue weighted by Gasteiger charge is -2.27. The van der Waals surface area contributed by atoms with Crippen molar-refractivity contribution in [2.24, 2.45) is 5.92 Å². The van der Waals surface area contributed by atoms with Gasteiger partial charge in [0.05, 0.1) is 5.52 Å². The van der Waals surface area contributed by atoms with E-state index in [9.17, 15) is 0 Å². The van der Waals surface area contributed by atoms with E-state index in [1.165, 1.54) is 50.5 Å². The molecule has 1 aliphatic rings. The summed E-state index contributed by atoms with van der Waals surface area (Å²) in [6.45, 7) is 4.41. The summed E-state index contributed by atoms with van der Waals surface area (Å²) in [7, 11) is 0. The summed E-state index contributed by atoms with van der Waals surface area (Å²) in [5.74, 6) is 2.73. The van der Waals surface area contributed by atoms with Crippen LogP contribution in [0.4, 0.5) is 0 Å². The number of nitrogens with one attached hydrogen (secondary N) is 1. The van der Waals surface area contributed by atoms with Gasteiger partial charge in [-0.3, -0.25) is 0 Å². The Kier molecular flexibility index (Phi) is 4.04. The van der Waals surface area contributed by atoms with Crippen LogP contribution in [0.3, 0.4) is 0 Å². The Morgan fingerprint density at radius 3 is 2.75 bits per heavy atom. The third kappa shape index (κ3) is 2.72. The van der Waals surface area contributed by atoms with Gasteiger partial charge in [-0.2, -0.15) is 0 Å². The Bertz CT molecular complexity index is 565. The fourth-order valence-electron chi connectivity index (χ4n) is 3.46. The minimum Gasteiger partial charge on any atom is -0.340 e. The van der Waals surface area contributed by atoms with Crippen LogP contribution in [0.25, 0.3) is 11.2 Å². The van der Waals surface area contributed by atoms with E-state index < -0.39 is 0 Å². The van der Waals surface area contributed by atoms with E-state index in [0.717, 1.165) is 22.9 Å². The van der Waals surface area contributed by atoms with Gasteiger partial charge in [0, 0.05) is 12.1 Å². The molecule has 0 radical (unpaired) electrons. The largest absolute Gasteiger partial charge is 0.340 e. The summed E-state index contributed by atoms with van der Waals surface area (Å²) in [4.78, 5) is 12.6. The van der Waals surface area contributed by atoms with Gasteiger partial charge in [-0.25, -0.2) is 9.97 Å². The molecule has 108 valence electrons. The van der Waals surface area contributed by atoms with E-state index in [1.807, 2.05) is 12.3 Å². The van der Waals surface area contributed by atoms with Gasteiger partial charge in [-0.1, -0.05) is 26.2 Å². The Morgan fingerprint density at radius 1 is 1.25 bits per heavy atom. The summed E-state index contributed by atoms with van der Waals surface area (Å²) < 4.78 is 0. The van der Waals surface area contributed by atoms with Gasteiger partial charge < -0.3 is 4.98 Å². The molecule has 3 heteroatoms. The van der Waals surface area contributed by atoms with Crippen molar-refractivity contribution in [3.05, 3.63) is 23.7 Å². The molecule has 2 aromatic heterocycles. The summed E-state index contributed by atoms with van der Waals surface area (Å²) in [5.41, 5.74) is 3.24. The van der Waals surface area contributed by atoms with Crippen LogP contribution in [-0.4, -0.2) is 15.0 Å². The van der Waals surface area contributed by atoms with Gasteiger partial charge in [0.25, 0.3) is 0 Å². The van der Waals surface area contributed by atoms with Crippen LogP contribution in [0.5, 0.6) is 0 Å². The number of imidazole rings is 1. The van der Waals surface area contributed by atoms with Gasteiger partial charge >= 0.3 is 0 Å². The number of aryl methyl sites for hydroxylation is 1. The third-order valence-electron chi connectivity index (χ3n) is 4.82. The van der Waals surface area contributed by atoms with Crippen molar-refractivity contribution in [2.75, 3.05) is 0 Å². The van der Waals surface area contributed by atoms with Crippen LogP contribution in [0.15, 0.2) is 12.3 Å². The normalized spacial score (nSPS) is 23.3. The van der Waals surface area contributed by atoms with Crippen LogP contribution >= 0.6 is 0 Å². The predicted molar refractivity (Wildman–Crippen MR) is 82.8 cm³/mol. The lowest BCUT2D eigenvalue weighted by Crippen LogP contribution is -2.14. The number of H-pyrrole nitrogens is 1. The number of pyridine rings is 1. The number of rotatable bonds is 4. The number of aromatic nitrogens is 3. The van der Waals surface area contributed by atoms with Gasteiger partial charge in [0.2, 0.25) is 0 Å². The molecule has 3 rings (SSSR count). The zero-order chi connectivity index (χ0) is 13.9. The zero-order valence-electron chi connectivity index (χ0n) is 12.7. The molecule has 0 unspecified atom stereocenters. The highest BCUT2D eigenvalue weighted by molar-refractivity contribution is 5.74. The number of hydrogen-bond donors (Lipinski definition) is 1. The number of hydrogen-bond acceptors (Lipinski definition) is 2. The Morgan fingerprint density at radius 2 is 2.05 bits per heavy atom. The van der Waals surface area contributed by atoms with Crippen molar-refractivity contribution in [1.29, 1.82) is 0 Å². The van der Waals surface area contributed by atoms with E-state index in [-0.39, 0.29) is 0 Å². The second-order valence-electron chi connectivity index (χ2n) is 6.31. The van der Waals surface area contributed by atoms with Crippen molar-refractivity contribution in [3.8, 4) is 0 Å². The van der Waals surface area contributed by atoms with Crippen molar-refractivity contribution in [3.63, 3.8) is 0 Å². The summed E-state index contributed by atoms with van der Waals surface area (Å²) in [5, 5.41) is 0. The second kappa shape index (κ2) is 5.94. The van der Waals surface area contributed by atoms with Crippen molar-refractivity contribution in [1.82, 2.24) is 15.0 Å². The standard InChI is InChI=1S/C17H25N3/c1-3-4-5-13-6-8-14(9-7-13)16-19-15-12(2)10-11-18-17(15)20-16/h10-11,13-14H,3-9H2,1-2H3,(H,18,19,20). The first-order chi connectivity index (χ1) is 9.78. The van der Waals surface area contributed by atoms with Crippen molar-refractivity contribution < 1.29 is 0 Å². The molecule has 2 aromatic rings. The van der Waals surface area contributed by atoms with Crippen LogP contribution in [0, 0.1) is 12.8 Å². The first kappa shape index (κ1) is 13.6. The second-order valence-corrected chi connectivity index (χ2v) is 6.31. The van der Waals surface area contributed by atoms with Crippen LogP contribution in [-0.2, 0) is 0 Å². The minimum atomic E-state index is 0.612. The minimum absolute atomic E-state index is 0.612. The van der Waals surface area contributed by atoms with Crippen LogP contribution < -0.4 is 0 Å². The molecule has 0 amide bonds. The zero-order valence-corrected chi connectivity index (χ0v) is 12.7. The van der Waals surface area contributed by atoms with E-state index in [4.69, 9.17) is 4.98 Å². The molecule has 20 heavy (non-hydrogen) atoms. The molecular weight excluding hydrogens is 246 g/mol. The van der Waals surface area contributed by atoms with E-state index in [2.05, 4.69) is 23.8 Å². The fraction of sp³-hybridized carbons (Fsp3) is 0.647. The van der Waals surface area contributed by atoms with E-state index >= 15 is 0 Å². The summed E-state index contributed by atoms with van der Waals surface area (Å²) in [6.07, 6.45) is 11.3. The molecule has 0 spiro atoms. The lowest BCUT2D eigenvalue weighted by atomic mass is 9.79. The highest BCUT2D eigenvalue weighted by Crippen LogP contribution is 2.37. The molecule has 1 fully saturated rings. The first-order valence-electron chi connectivity index (χ1n) is 8.09. The molecule has 2 heterocycles. The van der Waals surface area contributed by atoms with Crippen molar-refractivity contribution >= 4 is 11.2 Å². The Hall–Kier alpha value is -1.38. The number of nitrogens with zero attached hydrogens (tertiary/aromatic N) is 2. The van der Waals surface area contributed by atoms with Gasteiger partial charge in [0.15, 0.2) is 5.65 Å². The maximum atomic E-state index is 4.72. The molecule has 0 saturated heterocycles. The molecule has 3 nitrogen and oxygen atoms in total. The van der Waals surface area contributed by atoms with E-state index in [0.29, 0.717) is 5.92 Å². The molecule has 0 bridgehead atoms. The Labute approximate surface area is 121 Å². The first-order valence-corrected chi connectivity index (χ1v) is 8.09. The molecule has 1 saturated carbocycles. The average Bonchev–Trinajstić information content (AvgIpc) is 2.91. The predicted octanol–water partition coefficient (Wildman–Crippen LogP) is 4.73. The van der Waals surface area contributed by atoms with Crippen molar-refractivity contribution in [2.45, 2.75) is 64.7 Å². The molecule has 1 aliphatic carbocycles. The Balaban J connectivity index is 1.69. The maximum Gasteiger partial charge on any atom is 0.177 e. The van der Waals surface area contributed by atoms with Gasteiger partial charge in [-0.15, -0.1) is 0 Å². The summed E-state index contributed by atoms with van der Waals surface area (Å²) >= 11 is 0. The highest BCUT2D eigenvalue weighted by atomic mass is 15.0. The highest BCUT2D eigenvalue weighted by Gasteiger charge is 2.24. The fourth-order valence-corrected chi connectivity index (χ4v) is 3.46. The molecule has 0 aromatic carbocycles. The quantitative estimate of drug-likeness (QED) is 0.873. The smallest absolute Gasteiger partial charge is 0.177 e. The maximum absolute atomic E-state index is 4.72. The summed E-state index contributed by atoms with van der Waals surface area (Å²) in [6, 6.07) is 2.05. The molecule has 0 aliphatic heterocycles. The topological polar surface area (TPSA) is 41.6 Å². The third-order valence-corrected chi connectivity index (χ3v) is 4.82. The van der Waals surface area contributed by atoms with Gasteiger partial charge in [-0.05, 0) is 50.2 Å².